The molecule has 3 N–H and O–H groups in total. The molecule has 18 heavy (non-hydrogen) atoms. The monoisotopic (exact) mass is 263 g/mol. The smallest absolute Gasteiger partial charge is 0.0923 e. The molecule has 2 rings (SSSR count). The number of H-pyrrole nitrogens is 1. The summed E-state index contributed by atoms with van der Waals surface area (Å²) in [6.07, 6.45) is 0.893. The molecule has 3 nitrogen and oxygen atoms in total. The van der Waals surface area contributed by atoms with E-state index in [0.717, 1.165) is 28.4 Å². The van der Waals surface area contributed by atoms with Crippen molar-refractivity contribution in [1.82, 2.24) is 10.2 Å². The summed E-state index contributed by atoms with van der Waals surface area (Å²) >= 11 is 5.87. The third-order valence-corrected chi connectivity index (χ3v) is 3.24. The highest BCUT2D eigenvalue weighted by Crippen LogP contribution is 2.24. The van der Waals surface area contributed by atoms with Gasteiger partial charge in [-0.05, 0) is 36.6 Å². The van der Waals surface area contributed by atoms with Crippen molar-refractivity contribution in [1.29, 1.82) is 0 Å². The van der Waals surface area contributed by atoms with Crippen molar-refractivity contribution in [3.8, 4) is 11.3 Å². The Morgan fingerprint density at radius 2 is 1.94 bits per heavy atom. The topological polar surface area (TPSA) is 54.7 Å². The molecule has 2 aromatic rings. The van der Waals surface area contributed by atoms with Crippen LogP contribution in [0.1, 0.15) is 19.5 Å². The van der Waals surface area contributed by atoms with Gasteiger partial charge in [0.1, 0.15) is 0 Å². The Morgan fingerprint density at radius 3 is 2.56 bits per heavy atom. The molecular weight excluding hydrogens is 246 g/mol. The highest BCUT2D eigenvalue weighted by atomic mass is 35.5. The molecule has 1 aromatic carbocycles. The van der Waals surface area contributed by atoms with Gasteiger partial charge < -0.3 is 5.73 Å². The van der Waals surface area contributed by atoms with Crippen molar-refractivity contribution in [2.45, 2.75) is 20.3 Å². The third kappa shape index (κ3) is 3.12. The molecule has 0 aliphatic carbocycles. The molecule has 0 radical (unpaired) electrons. The van der Waals surface area contributed by atoms with Gasteiger partial charge >= 0.3 is 0 Å². The molecular formula is C14H18ClN3. The van der Waals surface area contributed by atoms with E-state index in [9.17, 15) is 0 Å². The molecule has 0 saturated heterocycles. The maximum atomic E-state index is 5.87. The van der Waals surface area contributed by atoms with Gasteiger partial charge in [-0.3, -0.25) is 5.10 Å². The lowest BCUT2D eigenvalue weighted by atomic mass is 9.88. The number of aromatic amines is 1. The van der Waals surface area contributed by atoms with Crippen LogP contribution in [0.2, 0.25) is 5.02 Å². The number of halogens is 1. The molecule has 0 spiro atoms. The Balaban J connectivity index is 2.18. The van der Waals surface area contributed by atoms with Crippen LogP contribution in [-0.4, -0.2) is 16.7 Å². The van der Waals surface area contributed by atoms with Crippen LogP contribution in [0.3, 0.4) is 0 Å². The summed E-state index contributed by atoms with van der Waals surface area (Å²) in [5.41, 5.74) is 8.94. The standard InChI is InChI=1S/C14H18ClN3/c1-14(2,9-16)8-12-7-13(18-17-12)10-3-5-11(15)6-4-10/h3-7H,8-9,16H2,1-2H3,(H,17,18). The van der Waals surface area contributed by atoms with Gasteiger partial charge in [0.15, 0.2) is 0 Å². The molecule has 4 heteroatoms. The second kappa shape index (κ2) is 5.12. The molecule has 0 saturated carbocycles. The molecule has 0 amide bonds. The number of nitrogens with one attached hydrogen (secondary N) is 1. The summed E-state index contributed by atoms with van der Waals surface area (Å²) in [5, 5.41) is 8.13. The third-order valence-electron chi connectivity index (χ3n) is 2.99. The highest BCUT2D eigenvalue weighted by molar-refractivity contribution is 6.30. The molecule has 96 valence electrons. The summed E-state index contributed by atoms with van der Waals surface area (Å²) in [6.45, 7) is 4.95. The Hall–Kier alpha value is -1.32. The fourth-order valence-corrected chi connectivity index (χ4v) is 1.93. The second-order valence-corrected chi connectivity index (χ2v) is 5.77. The minimum Gasteiger partial charge on any atom is -0.330 e. The van der Waals surface area contributed by atoms with E-state index in [1.165, 1.54) is 0 Å². The average molecular weight is 264 g/mol. The Bertz CT molecular complexity index is 514. The molecule has 0 bridgehead atoms. The lowest BCUT2D eigenvalue weighted by molar-refractivity contribution is 0.372. The van der Waals surface area contributed by atoms with Crippen molar-refractivity contribution in [3.05, 3.63) is 41.0 Å². The van der Waals surface area contributed by atoms with Crippen LogP contribution in [0.5, 0.6) is 0 Å². The maximum absolute atomic E-state index is 5.87. The van der Waals surface area contributed by atoms with Crippen molar-refractivity contribution < 1.29 is 0 Å². The van der Waals surface area contributed by atoms with Crippen molar-refractivity contribution >= 4 is 11.6 Å². The highest BCUT2D eigenvalue weighted by Gasteiger charge is 2.17. The summed E-state index contributed by atoms with van der Waals surface area (Å²) in [7, 11) is 0. The lowest BCUT2D eigenvalue weighted by Gasteiger charge is -2.20. The van der Waals surface area contributed by atoms with Crippen LogP contribution in [0.25, 0.3) is 11.3 Å². The van der Waals surface area contributed by atoms with Gasteiger partial charge in [0, 0.05) is 16.3 Å². The Morgan fingerprint density at radius 1 is 1.28 bits per heavy atom. The predicted molar refractivity (Wildman–Crippen MR) is 75.6 cm³/mol. The van der Waals surface area contributed by atoms with Gasteiger partial charge in [-0.1, -0.05) is 37.6 Å². The van der Waals surface area contributed by atoms with E-state index < -0.39 is 0 Å². The molecule has 1 heterocycles. The van der Waals surface area contributed by atoms with Crippen LogP contribution in [0.15, 0.2) is 30.3 Å². The van der Waals surface area contributed by atoms with Crippen LogP contribution >= 0.6 is 11.6 Å². The van der Waals surface area contributed by atoms with E-state index in [2.05, 4.69) is 30.1 Å². The quantitative estimate of drug-likeness (QED) is 0.890. The van der Waals surface area contributed by atoms with Crippen LogP contribution in [0.4, 0.5) is 0 Å². The average Bonchev–Trinajstić information content (AvgIpc) is 2.78. The molecule has 0 fully saturated rings. The lowest BCUT2D eigenvalue weighted by Crippen LogP contribution is -2.26. The van der Waals surface area contributed by atoms with Gasteiger partial charge in [0.2, 0.25) is 0 Å². The van der Waals surface area contributed by atoms with Gasteiger partial charge in [0.05, 0.1) is 5.69 Å². The number of rotatable bonds is 4. The SMILES string of the molecule is CC(C)(CN)Cc1cc(-c2ccc(Cl)cc2)n[nH]1. The van der Waals surface area contributed by atoms with Gasteiger partial charge in [-0.25, -0.2) is 0 Å². The molecule has 0 aliphatic rings. The normalized spacial score (nSPS) is 11.8. The predicted octanol–water partition coefficient (Wildman–Crippen LogP) is 3.26. The number of nitrogens with two attached hydrogens (primary N) is 1. The van der Waals surface area contributed by atoms with Crippen molar-refractivity contribution in [3.63, 3.8) is 0 Å². The van der Waals surface area contributed by atoms with E-state index in [4.69, 9.17) is 17.3 Å². The summed E-state index contributed by atoms with van der Waals surface area (Å²) < 4.78 is 0. The summed E-state index contributed by atoms with van der Waals surface area (Å²) in [6, 6.07) is 9.75. The largest absolute Gasteiger partial charge is 0.330 e. The first-order chi connectivity index (χ1) is 8.50. The molecule has 1 aromatic heterocycles. The molecule has 0 aliphatic heterocycles. The second-order valence-electron chi connectivity index (χ2n) is 5.33. The van der Waals surface area contributed by atoms with Crippen molar-refractivity contribution in [2.75, 3.05) is 6.54 Å². The Labute approximate surface area is 112 Å². The summed E-state index contributed by atoms with van der Waals surface area (Å²) in [5.74, 6) is 0. The van der Waals surface area contributed by atoms with E-state index >= 15 is 0 Å². The minimum atomic E-state index is 0.0871. The first-order valence-electron chi connectivity index (χ1n) is 6.00. The number of hydrogen-bond donors (Lipinski definition) is 2. The number of benzene rings is 1. The maximum Gasteiger partial charge on any atom is 0.0923 e. The fraction of sp³-hybridized carbons (Fsp3) is 0.357. The van der Waals surface area contributed by atoms with Crippen LogP contribution < -0.4 is 5.73 Å². The van der Waals surface area contributed by atoms with E-state index in [-0.39, 0.29) is 5.41 Å². The van der Waals surface area contributed by atoms with Gasteiger partial charge in [0.25, 0.3) is 0 Å². The number of aromatic nitrogens is 2. The zero-order chi connectivity index (χ0) is 13.2. The number of nitrogens with zero attached hydrogens (tertiary/aromatic N) is 1. The molecule has 0 atom stereocenters. The molecule has 0 unspecified atom stereocenters. The van der Waals surface area contributed by atoms with Crippen molar-refractivity contribution in [2.24, 2.45) is 11.1 Å². The van der Waals surface area contributed by atoms with Gasteiger partial charge in [-0.15, -0.1) is 0 Å². The Kier molecular flexibility index (Phi) is 3.73. The number of hydrogen-bond acceptors (Lipinski definition) is 2. The zero-order valence-electron chi connectivity index (χ0n) is 10.7. The van der Waals surface area contributed by atoms with Gasteiger partial charge in [-0.2, -0.15) is 5.10 Å². The zero-order valence-corrected chi connectivity index (χ0v) is 11.5. The summed E-state index contributed by atoms with van der Waals surface area (Å²) in [4.78, 5) is 0. The fourth-order valence-electron chi connectivity index (χ4n) is 1.81. The van der Waals surface area contributed by atoms with Crippen LogP contribution in [0, 0.1) is 5.41 Å². The van der Waals surface area contributed by atoms with E-state index in [1.807, 2.05) is 24.3 Å². The van der Waals surface area contributed by atoms with Crippen LogP contribution in [-0.2, 0) is 6.42 Å². The first kappa shape index (κ1) is 13.1. The minimum absolute atomic E-state index is 0.0871. The first-order valence-corrected chi connectivity index (χ1v) is 6.38. The van der Waals surface area contributed by atoms with E-state index in [1.54, 1.807) is 0 Å². The van der Waals surface area contributed by atoms with E-state index in [0.29, 0.717) is 6.54 Å².